The Kier molecular flexibility index (Phi) is 5.21. The van der Waals surface area contributed by atoms with Gasteiger partial charge in [-0.15, -0.1) is 0 Å². The van der Waals surface area contributed by atoms with Gasteiger partial charge in [0, 0.05) is 43.1 Å². The molecule has 4 nitrogen and oxygen atoms in total. The molecule has 5 heteroatoms. The van der Waals surface area contributed by atoms with E-state index >= 15 is 0 Å². The Morgan fingerprint density at radius 1 is 1.10 bits per heavy atom. The van der Waals surface area contributed by atoms with Crippen molar-refractivity contribution in [1.29, 1.82) is 0 Å². The zero-order valence-electron chi connectivity index (χ0n) is 16.3. The fourth-order valence-corrected chi connectivity index (χ4v) is 3.97. The van der Waals surface area contributed by atoms with Gasteiger partial charge < -0.3 is 4.74 Å². The number of rotatable bonds is 3. The van der Waals surface area contributed by atoms with Crippen molar-refractivity contribution in [2.24, 2.45) is 0 Å². The zero-order valence-corrected chi connectivity index (χ0v) is 16.3. The molecular weight excluding hydrogens is 369 g/mol. The normalized spacial score (nSPS) is 16.5. The number of nitrogens with zero attached hydrogens (tertiary/aromatic N) is 1. The second-order valence-electron chi connectivity index (χ2n) is 7.84. The molecule has 1 saturated carbocycles. The van der Waals surface area contributed by atoms with E-state index in [1.54, 1.807) is 12.1 Å². The number of hydrogen-bond donors (Lipinski definition) is 0. The summed E-state index contributed by atoms with van der Waals surface area (Å²) in [5.74, 6) is 4.98. The summed E-state index contributed by atoms with van der Waals surface area (Å²) < 4.78 is 17.6. The van der Waals surface area contributed by atoms with Crippen LogP contribution in [0.15, 0.2) is 42.5 Å². The number of hydrogen-bond acceptors (Lipinski definition) is 4. The molecule has 1 heterocycles. The molecule has 0 N–H and O–H groups in total. The molecule has 0 saturated heterocycles. The Morgan fingerprint density at radius 2 is 1.79 bits per heavy atom. The van der Waals surface area contributed by atoms with Crippen LogP contribution in [0.5, 0.6) is 0 Å². The van der Waals surface area contributed by atoms with E-state index in [1.807, 2.05) is 6.07 Å². The van der Waals surface area contributed by atoms with E-state index in [0.29, 0.717) is 6.54 Å². The molecule has 2 aromatic rings. The van der Waals surface area contributed by atoms with Gasteiger partial charge in [0.2, 0.25) is 0 Å². The highest BCUT2D eigenvalue weighted by Gasteiger charge is 2.48. The number of esters is 2. The smallest absolute Gasteiger partial charge is 0.314 e. The van der Waals surface area contributed by atoms with Crippen molar-refractivity contribution in [1.82, 2.24) is 4.90 Å². The van der Waals surface area contributed by atoms with E-state index < -0.39 is 11.9 Å². The van der Waals surface area contributed by atoms with Crippen LogP contribution >= 0.6 is 0 Å². The van der Waals surface area contributed by atoms with Gasteiger partial charge in [0.05, 0.1) is 6.42 Å². The molecule has 0 radical (unpaired) electrons. The van der Waals surface area contributed by atoms with Gasteiger partial charge in [0.1, 0.15) is 5.82 Å². The topological polar surface area (TPSA) is 46.6 Å². The molecule has 2 aromatic carbocycles. The summed E-state index contributed by atoms with van der Waals surface area (Å²) in [6.45, 7) is 3.50. The van der Waals surface area contributed by atoms with Gasteiger partial charge in [-0.3, -0.25) is 14.5 Å². The van der Waals surface area contributed by atoms with E-state index in [0.717, 1.165) is 37.1 Å². The molecule has 0 atom stereocenters. The second kappa shape index (κ2) is 7.81. The quantitative estimate of drug-likeness (QED) is 0.456. The molecule has 1 fully saturated rings. The molecule has 29 heavy (non-hydrogen) atoms. The van der Waals surface area contributed by atoms with Gasteiger partial charge in [0.15, 0.2) is 0 Å². The average molecular weight is 391 g/mol. The van der Waals surface area contributed by atoms with Crippen molar-refractivity contribution >= 4 is 11.9 Å². The van der Waals surface area contributed by atoms with Gasteiger partial charge in [-0.05, 0) is 60.4 Å². The minimum atomic E-state index is -0.563. The van der Waals surface area contributed by atoms with Crippen molar-refractivity contribution in [3.63, 3.8) is 0 Å². The maximum atomic E-state index is 13.0. The van der Waals surface area contributed by atoms with Crippen LogP contribution in [0.3, 0.4) is 0 Å². The van der Waals surface area contributed by atoms with Crippen LogP contribution in [0.25, 0.3) is 0 Å². The van der Waals surface area contributed by atoms with Crippen molar-refractivity contribution in [2.45, 2.75) is 38.1 Å². The van der Waals surface area contributed by atoms with Crippen molar-refractivity contribution < 1.29 is 18.7 Å². The molecule has 1 aliphatic carbocycles. The number of halogens is 1. The van der Waals surface area contributed by atoms with Gasteiger partial charge in [-0.2, -0.15) is 0 Å². The summed E-state index contributed by atoms with van der Waals surface area (Å²) in [7, 11) is 0. The zero-order chi connectivity index (χ0) is 20.4. The molecule has 148 valence electrons. The van der Waals surface area contributed by atoms with Gasteiger partial charge in [-0.25, -0.2) is 4.39 Å². The second-order valence-corrected chi connectivity index (χ2v) is 7.84. The molecule has 0 bridgehead atoms. The number of carbonyl (C=O) groups excluding carboxylic acids is 2. The van der Waals surface area contributed by atoms with Crippen LogP contribution < -0.4 is 0 Å². The maximum absolute atomic E-state index is 13.0. The van der Waals surface area contributed by atoms with Crippen molar-refractivity contribution in [2.75, 3.05) is 13.1 Å². The Balaban J connectivity index is 1.47. The fraction of sp³-hybridized carbons (Fsp3) is 0.333. The predicted molar refractivity (Wildman–Crippen MR) is 106 cm³/mol. The molecule has 4 rings (SSSR count). The first-order valence-corrected chi connectivity index (χ1v) is 9.78. The Morgan fingerprint density at radius 3 is 2.48 bits per heavy atom. The van der Waals surface area contributed by atoms with Crippen LogP contribution in [-0.4, -0.2) is 29.9 Å². The Bertz CT molecular complexity index is 1010. The van der Waals surface area contributed by atoms with Crippen LogP contribution in [0.4, 0.5) is 4.39 Å². The summed E-state index contributed by atoms with van der Waals surface area (Å²) in [6, 6.07) is 12.5. The lowest BCUT2D eigenvalue weighted by Crippen LogP contribution is -2.39. The van der Waals surface area contributed by atoms with Crippen molar-refractivity contribution in [3.8, 4) is 11.8 Å². The molecule has 1 spiro atoms. The summed E-state index contributed by atoms with van der Waals surface area (Å²) in [6.07, 6.45) is 2.47. The first kappa shape index (κ1) is 19.4. The van der Waals surface area contributed by atoms with Gasteiger partial charge in [0.25, 0.3) is 0 Å². The largest absolute Gasteiger partial charge is 0.393 e. The minimum Gasteiger partial charge on any atom is -0.393 e. The van der Waals surface area contributed by atoms with Crippen molar-refractivity contribution in [3.05, 3.63) is 70.5 Å². The lowest BCUT2D eigenvalue weighted by molar-refractivity contribution is -0.158. The van der Waals surface area contributed by atoms with E-state index in [1.165, 1.54) is 30.2 Å². The highest BCUT2D eigenvalue weighted by molar-refractivity contribution is 5.84. The summed E-state index contributed by atoms with van der Waals surface area (Å²) in [5.41, 5.74) is 4.50. The van der Waals surface area contributed by atoms with E-state index in [2.05, 4.69) is 33.6 Å². The lowest BCUT2D eigenvalue weighted by atomic mass is 9.85. The Labute approximate surface area is 169 Å². The van der Waals surface area contributed by atoms with E-state index in [4.69, 9.17) is 0 Å². The third-order valence-electron chi connectivity index (χ3n) is 5.54. The van der Waals surface area contributed by atoms with Crippen LogP contribution in [0, 0.1) is 17.7 Å². The first-order chi connectivity index (χ1) is 13.9. The van der Waals surface area contributed by atoms with Crippen LogP contribution in [0.2, 0.25) is 0 Å². The van der Waals surface area contributed by atoms with Crippen LogP contribution in [-0.2, 0) is 26.3 Å². The standard InChI is InChI=1S/C24H22FNO3/c1-17(27)29-23(28)10-13-26-15-20-7-4-19(14-22(20)24(16-26)11-12-24)3-2-18-5-8-21(25)9-6-18/h4-9,14H,10-13,15-16H2,1H3. The lowest BCUT2D eigenvalue weighted by Gasteiger charge is -2.35. The molecule has 0 amide bonds. The van der Waals surface area contributed by atoms with Crippen LogP contribution in [0.1, 0.15) is 48.4 Å². The molecule has 2 aliphatic rings. The number of benzene rings is 2. The maximum Gasteiger partial charge on any atom is 0.314 e. The van der Waals surface area contributed by atoms with Gasteiger partial charge >= 0.3 is 11.9 Å². The molecule has 1 aliphatic heterocycles. The predicted octanol–water partition coefficient (Wildman–Crippen LogP) is 3.55. The molecule has 0 aromatic heterocycles. The number of fused-ring (bicyclic) bond motifs is 2. The minimum absolute atomic E-state index is 0.144. The number of ether oxygens (including phenoxy) is 1. The number of carbonyl (C=O) groups is 2. The SMILES string of the molecule is CC(=O)OC(=O)CCN1Cc2ccc(C#Cc3ccc(F)cc3)cc2C2(CC2)C1. The average Bonchev–Trinajstić information content (AvgIpc) is 3.45. The summed E-state index contributed by atoms with van der Waals surface area (Å²) >= 11 is 0. The highest BCUT2D eigenvalue weighted by atomic mass is 19.1. The monoisotopic (exact) mass is 391 g/mol. The Hall–Kier alpha value is -2.97. The first-order valence-electron chi connectivity index (χ1n) is 9.78. The van der Waals surface area contributed by atoms with E-state index in [9.17, 15) is 14.0 Å². The van der Waals surface area contributed by atoms with E-state index in [-0.39, 0.29) is 17.7 Å². The fourth-order valence-electron chi connectivity index (χ4n) is 3.97. The molecule has 0 unspecified atom stereocenters. The summed E-state index contributed by atoms with van der Waals surface area (Å²) in [4.78, 5) is 24.8. The highest BCUT2D eigenvalue weighted by Crippen LogP contribution is 2.52. The third-order valence-corrected chi connectivity index (χ3v) is 5.54. The summed E-state index contributed by atoms with van der Waals surface area (Å²) in [5, 5.41) is 0. The third kappa shape index (κ3) is 4.55. The van der Waals surface area contributed by atoms with Gasteiger partial charge in [-0.1, -0.05) is 17.9 Å². The molecular formula is C24H22FNO3.